The first-order valence-corrected chi connectivity index (χ1v) is 7.30. The van der Waals surface area contributed by atoms with E-state index >= 15 is 0 Å². The number of methoxy groups -OCH3 is 1. The van der Waals surface area contributed by atoms with E-state index in [2.05, 4.69) is 5.32 Å². The van der Waals surface area contributed by atoms with Crippen molar-refractivity contribution >= 4 is 11.9 Å². The number of benzene rings is 1. The molecule has 0 spiro atoms. The molecule has 0 saturated heterocycles. The predicted octanol–water partition coefficient (Wildman–Crippen LogP) is 2.16. The van der Waals surface area contributed by atoms with Crippen LogP contribution in [0.15, 0.2) is 18.2 Å². The van der Waals surface area contributed by atoms with E-state index in [4.69, 9.17) is 4.74 Å². The first-order chi connectivity index (χ1) is 10.4. The zero-order valence-electron chi connectivity index (χ0n) is 12.8. The van der Waals surface area contributed by atoms with Crippen LogP contribution >= 0.6 is 0 Å². The van der Waals surface area contributed by atoms with Gasteiger partial charge in [-0.15, -0.1) is 0 Å². The molecule has 6 nitrogen and oxygen atoms in total. The first kappa shape index (κ1) is 16.1. The van der Waals surface area contributed by atoms with Gasteiger partial charge in [-0.1, -0.05) is 12.8 Å². The SMILES string of the molecule is COc1ccc(O)c(C(=O)NC2(C)CCCCC2C(=O)O)c1. The molecule has 22 heavy (non-hydrogen) atoms. The Morgan fingerprint density at radius 1 is 1.36 bits per heavy atom. The molecule has 0 aliphatic heterocycles. The molecule has 2 atom stereocenters. The summed E-state index contributed by atoms with van der Waals surface area (Å²) in [5.41, 5.74) is -0.744. The molecule has 1 amide bonds. The molecule has 2 unspecified atom stereocenters. The van der Waals surface area contributed by atoms with E-state index in [1.165, 1.54) is 19.2 Å². The lowest BCUT2D eigenvalue weighted by Crippen LogP contribution is -2.55. The number of aromatic hydroxyl groups is 1. The molecule has 0 radical (unpaired) electrons. The molecule has 3 N–H and O–H groups in total. The molecule has 0 bridgehead atoms. The van der Waals surface area contributed by atoms with Crippen molar-refractivity contribution in [1.29, 1.82) is 0 Å². The Balaban J connectivity index is 2.25. The Bertz CT molecular complexity index is 586. The fourth-order valence-corrected chi connectivity index (χ4v) is 3.03. The number of phenols is 1. The lowest BCUT2D eigenvalue weighted by molar-refractivity contribution is -0.145. The Morgan fingerprint density at radius 2 is 2.09 bits per heavy atom. The minimum atomic E-state index is -0.905. The summed E-state index contributed by atoms with van der Waals surface area (Å²) in [5.74, 6) is -1.74. The summed E-state index contributed by atoms with van der Waals surface area (Å²) in [6.45, 7) is 1.75. The second-order valence-corrected chi connectivity index (χ2v) is 5.89. The normalized spacial score (nSPS) is 24.5. The number of aliphatic carboxylic acids is 1. The van der Waals surface area contributed by atoms with Crippen LogP contribution in [-0.4, -0.2) is 34.7 Å². The van der Waals surface area contributed by atoms with E-state index in [1.54, 1.807) is 13.0 Å². The van der Waals surface area contributed by atoms with Crippen LogP contribution in [0, 0.1) is 5.92 Å². The fourth-order valence-electron chi connectivity index (χ4n) is 3.03. The van der Waals surface area contributed by atoms with Crippen molar-refractivity contribution < 1.29 is 24.5 Å². The topological polar surface area (TPSA) is 95.9 Å². The third-order valence-corrected chi connectivity index (χ3v) is 4.35. The summed E-state index contributed by atoms with van der Waals surface area (Å²) in [6, 6.07) is 4.37. The molecular formula is C16H21NO5. The fraction of sp³-hybridized carbons (Fsp3) is 0.500. The van der Waals surface area contributed by atoms with Crippen molar-refractivity contribution in [2.24, 2.45) is 5.92 Å². The van der Waals surface area contributed by atoms with Crippen LogP contribution in [0.25, 0.3) is 0 Å². The van der Waals surface area contributed by atoms with E-state index in [0.717, 1.165) is 12.8 Å². The zero-order valence-corrected chi connectivity index (χ0v) is 12.8. The zero-order chi connectivity index (χ0) is 16.3. The van der Waals surface area contributed by atoms with Crippen molar-refractivity contribution in [2.75, 3.05) is 7.11 Å². The Hall–Kier alpha value is -2.24. The van der Waals surface area contributed by atoms with Gasteiger partial charge in [-0.25, -0.2) is 0 Å². The van der Waals surface area contributed by atoms with Crippen molar-refractivity contribution in [3.05, 3.63) is 23.8 Å². The van der Waals surface area contributed by atoms with Gasteiger partial charge in [0.2, 0.25) is 0 Å². The minimum Gasteiger partial charge on any atom is -0.507 e. The van der Waals surface area contributed by atoms with E-state index in [9.17, 15) is 19.8 Å². The third kappa shape index (κ3) is 3.16. The number of ether oxygens (including phenoxy) is 1. The average Bonchev–Trinajstić information content (AvgIpc) is 2.47. The molecule has 1 aromatic rings. The Labute approximate surface area is 129 Å². The highest BCUT2D eigenvalue weighted by molar-refractivity contribution is 5.98. The number of carbonyl (C=O) groups is 2. The van der Waals surface area contributed by atoms with Gasteiger partial charge in [-0.05, 0) is 38.0 Å². The third-order valence-electron chi connectivity index (χ3n) is 4.35. The van der Waals surface area contributed by atoms with Crippen LogP contribution in [-0.2, 0) is 4.79 Å². The van der Waals surface area contributed by atoms with Gasteiger partial charge < -0.3 is 20.3 Å². The number of carbonyl (C=O) groups excluding carboxylic acids is 1. The molecule has 1 fully saturated rings. The van der Waals surface area contributed by atoms with Gasteiger partial charge in [0.1, 0.15) is 11.5 Å². The highest BCUT2D eigenvalue weighted by Gasteiger charge is 2.42. The molecule has 120 valence electrons. The maximum atomic E-state index is 12.5. The van der Waals surface area contributed by atoms with Gasteiger partial charge >= 0.3 is 5.97 Å². The maximum Gasteiger partial charge on any atom is 0.308 e. The second kappa shape index (κ2) is 6.25. The monoisotopic (exact) mass is 307 g/mol. The quantitative estimate of drug-likeness (QED) is 0.792. The number of hydrogen-bond donors (Lipinski definition) is 3. The molecule has 1 aliphatic carbocycles. The highest BCUT2D eigenvalue weighted by atomic mass is 16.5. The van der Waals surface area contributed by atoms with Gasteiger partial charge in [-0.3, -0.25) is 9.59 Å². The predicted molar refractivity (Wildman–Crippen MR) is 80.1 cm³/mol. The van der Waals surface area contributed by atoms with Gasteiger partial charge in [-0.2, -0.15) is 0 Å². The van der Waals surface area contributed by atoms with Crippen LogP contribution in [0.1, 0.15) is 43.0 Å². The van der Waals surface area contributed by atoms with Crippen LogP contribution in [0.2, 0.25) is 0 Å². The summed E-state index contributed by atoms with van der Waals surface area (Å²) < 4.78 is 5.05. The Morgan fingerprint density at radius 3 is 2.73 bits per heavy atom. The maximum absolute atomic E-state index is 12.5. The number of nitrogens with one attached hydrogen (secondary N) is 1. The molecule has 1 aliphatic rings. The lowest BCUT2D eigenvalue weighted by atomic mass is 9.73. The smallest absolute Gasteiger partial charge is 0.308 e. The number of hydrogen-bond acceptors (Lipinski definition) is 4. The largest absolute Gasteiger partial charge is 0.507 e. The van der Waals surface area contributed by atoms with Gasteiger partial charge in [0.25, 0.3) is 5.91 Å². The van der Waals surface area contributed by atoms with Crippen LogP contribution < -0.4 is 10.1 Å². The lowest BCUT2D eigenvalue weighted by Gasteiger charge is -2.39. The summed E-state index contributed by atoms with van der Waals surface area (Å²) in [4.78, 5) is 23.9. The first-order valence-electron chi connectivity index (χ1n) is 7.30. The molecule has 1 aromatic carbocycles. The molecule has 0 aromatic heterocycles. The Kier molecular flexibility index (Phi) is 4.59. The molecule has 6 heteroatoms. The summed E-state index contributed by atoms with van der Waals surface area (Å²) in [5, 5.41) is 22.0. The van der Waals surface area contributed by atoms with Gasteiger partial charge in [0.05, 0.1) is 24.1 Å². The molecular weight excluding hydrogens is 286 g/mol. The number of amides is 1. The van der Waals surface area contributed by atoms with Crippen LogP contribution in [0.3, 0.4) is 0 Å². The summed E-state index contributed by atoms with van der Waals surface area (Å²) >= 11 is 0. The number of phenolic OH excluding ortho intramolecular Hbond substituents is 1. The number of carboxylic acid groups (broad SMARTS) is 1. The van der Waals surface area contributed by atoms with Gasteiger partial charge in [0.15, 0.2) is 0 Å². The van der Waals surface area contributed by atoms with Crippen molar-refractivity contribution in [1.82, 2.24) is 5.32 Å². The van der Waals surface area contributed by atoms with E-state index < -0.39 is 23.3 Å². The average molecular weight is 307 g/mol. The summed E-state index contributed by atoms with van der Waals surface area (Å²) in [6.07, 6.45) is 2.84. The van der Waals surface area contributed by atoms with Crippen molar-refractivity contribution in [2.45, 2.75) is 38.1 Å². The molecule has 2 rings (SSSR count). The highest BCUT2D eigenvalue weighted by Crippen LogP contribution is 2.34. The minimum absolute atomic E-state index is 0.0790. The van der Waals surface area contributed by atoms with Crippen molar-refractivity contribution in [3.63, 3.8) is 0 Å². The van der Waals surface area contributed by atoms with Crippen LogP contribution in [0.4, 0.5) is 0 Å². The van der Waals surface area contributed by atoms with Gasteiger partial charge in [0, 0.05) is 0 Å². The molecule has 0 heterocycles. The van der Waals surface area contributed by atoms with E-state index in [-0.39, 0.29) is 11.3 Å². The van der Waals surface area contributed by atoms with Crippen molar-refractivity contribution in [3.8, 4) is 11.5 Å². The van der Waals surface area contributed by atoms with E-state index in [0.29, 0.717) is 18.6 Å². The van der Waals surface area contributed by atoms with Crippen LogP contribution in [0.5, 0.6) is 11.5 Å². The summed E-state index contributed by atoms with van der Waals surface area (Å²) in [7, 11) is 1.47. The second-order valence-electron chi connectivity index (χ2n) is 5.89. The number of carboxylic acids is 1. The number of rotatable bonds is 4. The molecule has 1 saturated carbocycles. The van der Waals surface area contributed by atoms with E-state index in [1.807, 2.05) is 0 Å². The standard InChI is InChI=1S/C16H21NO5/c1-16(8-4-3-5-12(16)15(20)21)17-14(19)11-9-10(22-2)6-7-13(11)18/h6-7,9,12,18H,3-5,8H2,1-2H3,(H,17,19)(H,20,21).